The molecule has 1 aromatic heterocycles. The summed E-state index contributed by atoms with van der Waals surface area (Å²) < 4.78 is 70.2. The Bertz CT molecular complexity index is 506. The van der Waals surface area contributed by atoms with E-state index in [2.05, 4.69) is 14.5 Å². The van der Waals surface area contributed by atoms with Crippen LogP contribution in [0.1, 0.15) is 17.6 Å². The topological polar surface area (TPSA) is 48.4 Å². The number of aromatic nitrogens is 1. The summed E-state index contributed by atoms with van der Waals surface area (Å²) >= 11 is 1.53. The number of alkyl halides is 5. The van der Waals surface area contributed by atoms with Gasteiger partial charge in [-0.3, -0.25) is 4.79 Å². The molecule has 20 heavy (non-hydrogen) atoms. The van der Waals surface area contributed by atoms with Crippen LogP contribution in [0, 0.1) is 3.70 Å². The Kier molecular flexibility index (Phi) is 5.48. The normalized spacial score (nSPS) is 11.6. The molecule has 0 N–H and O–H groups in total. The number of halogens is 6. The summed E-state index contributed by atoms with van der Waals surface area (Å²) in [5.74, 6) is -2.01. The molecule has 0 saturated carbocycles. The second-order valence-corrected chi connectivity index (χ2v) is 4.43. The molecule has 112 valence electrons. The van der Waals surface area contributed by atoms with Gasteiger partial charge in [-0.25, -0.2) is 13.8 Å². The number of hydrogen-bond acceptors (Lipinski definition) is 4. The quantitative estimate of drug-likeness (QED) is 0.331. The van der Waals surface area contributed by atoms with Crippen LogP contribution in [0.4, 0.5) is 22.0 Å². The maximum absolute atomic E-state index is 13.0. The van der Waals surface area contributed by atoms with Crippen molar-refractivity contribution < 1.29 is 36.2 Å². The summed E-state index contributed by atoms with van der Waals surface area (Å²) in [7, 11) is 1.03. The molecular weight excluding hydrogens is 404 g/mol. The van der Waals surface area contributed by atoms with Gasteiger partial charge < -0.3 is 9.47 Å². The SMILES string of the molecule is COC(=O)Cc1c(I)ncc(OC(F)(F)F)c1C(F)F. The summed E-state index contributed by atoms with van der Waals surface area (Å²) in [5.41, 5.74) is -1.37. The first-order valence-corrected chi connectivity index (χ1v) is 6.01. The molecule has 1 aromatic rings. The summed E-state index contributed by atoms with van der Waals surface area (Å²) in [5, 5.41) is 0. The highest BCUT2D eigenvalue weighted by molar-refractivity contribution is 14.1. The molecule has 0 saturated heterocycles. The van der Waals surface area contributed by atoms with Gasteiger partial charge in [-0.15, -0.1) is 13.2 Å². The van der Waals surface area contributed by atoms with E-state index in [9.17, 15) is 26.7 Å². The number of carbonyl (C=O) groups excluding carboxylic acids is 1. The Labute approximate surface area is 123 Å². The average molecular weight is 411 g/mol. The molecule has 1 rings (SSSR count). The van der Waals surface area contributed by atoms with Crippen molar-refractivity contribution in [3.8, 4) is 5.75 Å². The van der Waals surface area contributed by atoms with Crippen LogP contribution in [-0.4, -0.2) is 24.4 Å². The molecule has 1 heterocycles. The molecule has 0 unspecified atom stereocenters. The Morgan fingerprint density at radius 1 is 1.45 bits per heavy atom. The van der Waals surface area contributed by atoms with Gasteiger partial charge >= 0.3 is 12.3 Å². The van der Waals surface area contributed by atoms with E-state index < -0.39 is 36.5 Å². The van der Waals surface area contributed by atoms with Crippen molar-refractivity contribution in [2.75, 3.05) is 7.11 Å². The number of nitrogens with zero attached hydrogens (tertiary/aromatic N) is 1. The van der Waals surface area contributed by atoms with Crippen LogP contribution >= 0.6 is 22.6 Å². The highest BCUT2D eigenvalue weighted by atomic mass is 127. The third-order valence-electron chi connectivity index (χ3n) is 2.13. The van der Waals surface area contributed by atoms with Crippen molar-refractivity contribution in [2.24, 2.45) is 0 Å². The zero-order chi connectivity index (χ0) is 15.5. The van der Waals surface area contributed by atoms with E-state index in [1.165, 1.54) is 22.6 Å². The van der Waals surface area contributed by atoms with E-state index in [0.717, 1.165) is 7.11 Å². The van der Waals surface area contributed by atoms with Gasteiger partial charge in [-0.05, 0) is 22.6 Å². The van der Waals surface area contributed by atoms with Crippen LogP contribution in [0.2, 0.25) is 0 Å². The van der Waals surface area contributed by atoms with E-state index in [-0.39, 0.29) is 9.26 Å². The second-order valence-electron chi connectivity index (χ2n) is 3.41. The second kappa shape index (κ2) is 6.50. The number of carbonyl (C=O) groups is 1. The zero-order valence-corrected chi connectivity index (χ0v) is 12.0. The van der Waals surface area contributed by atoms with Gasteiger partial charge in [-0.2, -0.15) is 0 Å². The first kappa shape index (κ1) is 16.9. The number of ether oxygens (including phenoxy) is 2. The predicted molar refractivity (Wildman–Crippen MR) is 64.3 cm³/mol. The lowest BCUT2D eigenvalue weighted by atomic mass is 10.1. The average Bonchev–Trinajstić information content (AvgIpc) is 2.30. The molecule has 0 fully saturated rings. The fourth-order valence-corrected chi connectivity index (χ4v) is 1.97. The molecule has 10 heteroatoms. The minimum atomic E-state index is -5.14. The smallest absolute Gasteiger partial charge is 0.469 e. The van der Waals surface area contributed by atoms with E-state index in [1.54, 1.807) is 0 Å². The van der Waals surface area contributed by atoms with Gasteiger partial charge in [0.05, 0.1) is 25.3 Å². The summed E-state index contributed by atoms with van der Waals surface area (Å²) in [4.78, 5) is 14.7. The summed E-state index contributed by atoms with van der Waals surface area (Å²) in [6, 6.07) is 0. The van der Waals surface area contributed by atoms with E-state index in [1.807, 2.05) is 0 Å². The molecule has 0 spiro atoms. The maximum atomic E-state index is 13.0. The Morgan fingerprint density at radius 2 is 2.05 bits per heavy atom. The molecule has 0 radical (unpaired) electrons. The van der Waals surface area contributed by atoms with Crippen molar-refractivity contribution in [3.63, 3.8) is 0 Å². The van der Waals surface area contributed by atoms with Gasteiger partial charge in [0.1, 0.15) is 3.70 Å². The molecule has 0 aliphatic rings. The minimum Gasteiger partial charge on any atom is -0.469 e. The summed E-state index contributed by atoms with van der Waals surface area (Å²) in [6.45, 7) is 0. The van der Waals surface area contributed by atoms with Crippen LogP contribution in [0.15, 0.2) is 6.20 Å². The highest BCUT2D eigenvalue weighted by Gasteiger charge is 2.35. The van der Waals surface area contributed by atoms with Crippen LogP contribution < -0.4 is 4.74 Å². The van der Waals surface area contributed by atoms with Gasteiger partial charge in [0, 0.05) is 5.56 Å². The van der Waals surface area contributed by atoms with Gasteiger partial charge in [0.2, 0.25) is 0 Å². The van der Waals surface area contributed by atoms with Crippen molar-refractivity contribution in [3.05, 3.63) is 21.0 Å². The number of pyridine rings is 1. The fourth-order valence-electron chi connectivity index (χ4n) is 1.35. The first-order valence-electron chi connectivity index (χ1n) is 4.93. The molecule has 0 aliphatic carbocycles. The molecule has 0 aromatic carbocycles. The number of hydrogen-bond donors (Lipinski definition) is 0. The molecule has 0 atom stereocenters. The van der Waals surface area contributed by atoms with Gasteiger partial charge in [0.15, 0.2) is 5.75 Å². The third kappa shape index (κ3) is 4.42. The lowest BCUT2D eigenvalue weighted by molar-refractivity contribution is -0.275. The third-order valence-corrected chi connectivity index (χ3v) is 3.06. The largest absolute Gasteiger partial charge is 0.573 e. The minimum absolute atomic E-state index is 0.0298. The molecule has 0 bridgehead atoms. The molecule has 0 amide bonds. The van der Waals surface area contributed by atoms with Crippen molar-refractivity contribution >= 4 is 28.6 Å². The van der Waals surface area contributed by atoms with Crippen molar-refractivity contribution in [1.82, 2.24) is 4.98 Å². The molecular formula is C10H7F5INO3. The number of methoxy groups -OCH3 is 1. The lowest BCUT2D eigenvalue weighted by Gasteiger charge is -2.16. The Morgan fingerprint density at radius 3 is 2.50 bits per heavy atom. The van der Waals surface area contributed by atoms with Crippen LogP contribution in [0.5, 0.6) is 5.75 Å². The van der Waals surface area contributed by atoms with Gasteiger partial charge in [0.25, 0.3) is 6.43 Å². The van der Waals surface area contributed by atoms with Crippen LogP contribution in [0.25, 0.3) is 0 Å². The fraction of sp³-hybridized carbons (Fsp3) is 0.400. The molecule has 4 nitrogen and oxygen atoms in total. The first-order chi connectivity index (χ1) is 9.15. The Balaban J connectivity index is 3.33. The Hall–Kier alpha value is -1.20. The number of esters is 1. The van der Waals surface area contributed by atoms with Crippen LogP contribution in [-0.2, 0) is 16.0 Å². The van der Waals surface area contributed by atoms with Crippen molar-refractivity contribution in [2.45, 2.75) is 19.2 Å². The van der Waals surface area contributed by atoms with E-state index in [0.29, 0.717) is 6.20 Å². The van der Waals surface area contributed by atoms with E-state index >= 15 is 0 Å². The monoisotopic (exact) mass is 411 g/mol. The van der Waals surface area contributed by atoms with Crippen molar-refractivity contribution in [1.29, 1.82) is 0 Å². The standard InChI is InChI=1S/C10H7F5INO3/c1-19-6(18)2-4-7(8(11)12)5(3-17-9(4)16)20-10(13,14)15/h3,8H,2H2,1H3. The van der Waals surface area contributed by atoms with Crippen LogP contribution in [0.3, 0.4) is 0 Å². The summed E-state index contributed by atoms with van der Waals surface area (Å²) in [6.07, 6.45) is -8.49. The highest BCUT2D eigenvalue weighted by Crippen LogP contribution is 2.36. The van der Waals surface area contributed by atoms with E-state index in [4.69, 9.17) is 0 Å². The predicted octanol–water partition coefficient (Wildman–Crippen LogP) is 3.24. The number of rotatable bonds is 4. The zero-order valence-electron chi connectivity index (χ0n) is 9.80. The van der Waals surface area contributed by atoms with Gasteiger partial charge in [-0.1, -0.05) is 0 Å². The maximum Gasteiger partial charge on any atom is 0.573 e. The molecule has 0 aliphatic heterocycles. The lowest BCUT2D eigenvalue weighted by Crippen LogP contribution is -2.20.